The lowest BCUT2D eigenvalue weighted by atomic mass is 10.1. The Morgan fingerprint density at radius 1 is 1.04 bits per heavy atom. The fourth-order valence-corrected chi connectivity index (χ4v) is 2.30. The van der Waals surface area contributed by atoms with E-state index < -0.39 is 6.10 Å². The normalized spacial score (nSPS) is 13.0. The molecule has 23 heavy (non-hydrogen) atoms. The third-order valence-electron chi connectivity index (χ3n) is 3.63. The van der Waals surface area contributed by atoms with Crippen LogP contribution >= 0.6 is 0 Å². The van der Waals surface area contributed by atoms with Crippen molar-refractivity contribution in [3.05, 3.63) is 23.8 Å². The number of aliphatic hydroxyl groups is 1. The second-order valence-electron chi connectivity index (χ2n) is 6.25. The fraction of sp³-hybridized carbons (Fsp3) is 0.667. The van der Waals surface area contributed by atoms with Crippen LogP contribution in [0.4, 0.5) is 0 Å². The van der Waals surface area contributed by atoms with E-state index in [1.165, 1.54) is 0 Å². The van der Waals surface area contributed by atoms with Gasteiger partial charge in [0.25, 0.3) is 0 Å². The minimum Gasteiger partial charge on any atom is -0.493 e. The van der Waals surface area contributed by atoms with Gasteiger partial charge in [0.15, 0.2) is 11.5 Å². The van der Waals surface area contributed by atoms with Gasteiger partial charge in [-0.25, -0.2) is 0 Å². The Hall–Kier alpha value is -1.30. The maximum absolute atomic E-state index is 10.2. The van der Waals surface area contributed by atoms with E-state index in [-0.39, 0.29) is 6.10 Å². The molecule has 5 heteroatoms. The van der Waals surface area contributed by atoms with Crippen LogP contribution in [0.15, 0.2) is 18.2 Å². The maximum atomic E-state index is 10.2. The van der Waals surface area contributed by atoms with Gasteiger partial charge in [-0.3, -0.25) is 4.90 Å². The van der Waals surface area contributed by atoms with Crippen molar-refractivity contribution in [2.75, 3.05) is 27.4 Å². The average Bonchev–Trinajstić information content (AvgIpc) is 2.51. The fourth-order valence-electron chi connectivity index (χ4n) is 2.30. The van der Waals surface area contributed by atoms with Crippen molar-refractivity contribution in [1.82, 2.24) is 4.90 Å². The zero-order chi connectivity index (χ0) is 17.4. The van der Waals surface area contributed by atoms with Crippen molar-refractivity contribution in [3.63, 3.8) is 0 Å². The molecule has 0 saturated heterocycles. The lowest BCUT2D eigenvalue weighted by molar-refractivity contribution is -0.0136. The molecule has 0 bridgehead atoms. The van der Waals surface area contributed by atoms with Gasteiger partial charge in [-0.1, -0.05) is 6.07 Å². The molecule has 0 saturated carbocycles. The highest BCUT2D eigenvalue weighted by Gasteiger charge is 2.17. The molecule has 0 aromatic heterocycles. The van der Waals surface area contributed by atoms with Crippen LogP contribution in [-0.2, 0) is 11.3 Å². The predicted molar refractivity (Wildman–Crippen MR) is 92.2 cm³/mol. The summed E-state index contributed by atoms with van der Waals surface area (Å²) >= 11 is 0. The summed E-state index contributed by atoms with van der Waals surface area (Å²) in [6, 6.07) is 6.22. The third kappa shape index (κ3) is 6.77. The van der Waals surface area contributed by atoms with E-state index in [9.17, 15) is 5.11 Å². The maximum Gasteiger partial charge on any atom is 0.161 e. The van der Waals surface area contributed by atoms with Crippen LogP contribution in [0, 0.1) is 0 Å². The van der Waals surface area contributed by atoms with Crippen LogP contribution in [0.1, 0.15) is 33.3 Å². The third-order valence-corrected chi connectivity index (χ3v) is 3.63. The van der Waals surface area contributed by atoms with E-state index in [0.717, 1.165) is 23.6 Å². The first-order valence-electron chi connectivity index (χ1n) is 8.12. The first-order chi connectivity index (χ1) is 10.9. The van der Waals surface area contributed by atoms with E-state index in [4.69, 9.17) is 14.2 Å². The number of hydrogen-bond acceptors (Lipinski definition) is 5. The monoisotopic (exact) mass is 325 g/mol. The van der Waals surface area contributed by atoms with Gasteiger partial charge < -0.3 is 19.3 Å². The Balaban J connectivity index is 2.72. The topological polar surface area (TPSA) is 51.2 Å². The Morgan fingerprint density at radius 2 is 1.70 bits per heavy atom. The highest BCUT2D eigenvalue weighted by molar-refractivity contribution is 5.42. The average molecular weight is 325 g/mol. The molecule has 0 aliphatic carbocycles. The van der Waals surface area contributed by atoms with Crippen molar-refractivity contribution in [1.29, 1.82) is 0 Å². The molecular weight excluding hydrogens is 294 g/mol. The van der Waals surface area contributed by atoms with Crippen LogP contribution in [0.5, 0.6) is 11.5 Å². The van der Waals surface area contributed by atoms with E-state index in [0.29, 0.717) is 19.2 Å². The van der Waals surface area contributed by atoms with Crippen molar-refractivity contribution in [3.8, 4) is 11.5 Å². The Bertz CT molecular complexity index is 462. The van der Waals surface area contributed by atoms with Gasteiger partial charge in [-0.15, -0.1) is 0 Å². The number of methoxy groups -OCH3 is 2. The number of ether oxygens (including phenoxy) is 3. The molecule has 5 nitrogen and oxygen atoms in total. The molecule has 1 N–H and O–H groups in total. The molecule has 0 aliphatic heterocycles. The lowest BCUT2D eigenvalue weighted by Gasteiger charge is -2.29. The summed E-state index contributed by atoms with van der Waals surface area (Å²) in [7, 11) is 3.26. The largest absolute Gasteiger partial charge is 0.493 e. The Morgan fingerprint density at radius 3 is 2.22 bits per heavy atom. The highest BCUT2D eigenvalue weighted by atomic mass is 16.5. The highest BCUT2D eigenvalue weighted by Crippen LogP contribution is 2.28. The molecular formula is C18H31NO4. The zero-order valence-corrected chi connectivity index (χ0v) is 15.2. The number of hydrogen-bond donors (Lipinski definition) is 1. The number of aliphatic hydroxyl groups excluding tert-OH is 1. The Labute approximate surface area is 140 Å². The van der Waals surface area contributed by atoms with Crippen LogP contribution in [0.2, 0.25) is 0 Å². The molecule has 1 aromatic rings. The predicted octanol–water partition coefficient (Wildman–Crippen LogP) is 2.70. The van der Waals surface area contributed by atoms with Gasteiger partial charge in [0.05, 0.1) is 33.0 Å². The molecule has 0 radical (unpaired) electrons. The molecule has 1 rings (SSSR count). The first kappa shape index (κ1) is 19.7. The van der Waals surface area contributed by atoms with Gasteiger partial charge in [-0.2, -0.15) is 0 Å². The second kappa shape index (κ2) is 9.75. The SMILES string of the molecule is COc1ccc(CN(C[C@H](O)COC(C)C)C(C)C)cc1OC. The smallest absolute Gasteiger partial charge is 0.161 e. The summed E-state index contributed by atoms with van der Waals surface area (Å²) in [6.45, 7) is 9.84. The molecule has 1 aromatic carbocycles. The summed E-state index contributed by atoms with van der Waals surface area (Å²) in [5.74, 6) is 1.44. The number of nitrogens with zero attached hydrogens (tertiary/aromatic N) is 1. The van der Waals surface area contributed by atoms with E-state index in [2.05, 4.69) is 18.7 Å². The van der Waals surface area contributed by atoms with E-state index in [1.807, 2.05) is 32.0 Å². The second-order valence-corrected chi connectivity index (χ2v) is 6.25. The summed E-state index contributed by atoms with van der Waals surface area (Å²) in [6.07, 6.45) is -0.372. The summed E-state index contributed by atoms with van der Waals surface area (Å²) in [5, 5.41) is 10.2. The number of benzene rings is 1. The van der Waals surface area contributed by atoms with Crippen LogP contribution in [-0.4, -0.2) is 55.6 Å². The Kier molecular flexibility index (Phi) is 8.37. The molecule has 0 heterocycles. The molecule has 0 fully saturated rings. The summed E-state index contributed by atoms with van der Waals surface area (Å²) < 4.78 is 16.1. The van der Waals surface area contributed by atoms with E-state index >= 15 is 0 Å². The standard InChI is InChI=1S/C18H31NO4/c1-13(2)19(11-16(20)12-23-14(3)4)10-15-7-8-17(21-5)18(9-15)22-6/h7-9,13-14,16,20H,10-12H2,1-6H3/t16-/m0/s1. The molecule has 0 spiro atoms. The van der Waals surface area contributed by atoms with Crippen molar-refractivity contribution < 1.29 is 19.3 Å². The van der Waals surface area contributed by atoms with Gasteiger partial charge in [0, 0.05) is 19.1 Å². The molecule has 132 valence electrons. The van der Waals surface area contributed by atoms with E-state index in [1.54, 1.807) is 14.2 Å². The quantitative estimate of drug-likeness (QED) is 0.717. The number of rotatable bonds is 10. The molecule has 0 unspecified atom stereocenters. The minimum atomic E-state index is -0.500. The zero-order valence-electron chi connectivity index (χ0n) is 15.2. The van der Waals surface area contributed by atoms with Gasteiger partial charge >= 0.3 is 0 Å². The van der Waals surface area contributed by atoms with Gasteiger partial charge in [0.2, 0.25) is 0 Å². The summed E-state index contributed by atoms with van der Waals surface area (Å²) in [4.78, 5) is 2.22. The molecule has 0 amide bonds. The minimum absolute atomic E-state index is 0.128. The summed E-state index contributed by atoms with van der Waals surface area (Å²) in [5.41, 5.74) is 1.12. The van der Waals surface area contributed by atoms with Crippen molar-refractivity contribution in [2.24, 2.45) is 0 Å². The molecule has 0 aliphatic rings. The first-order valence-corrected chi connectivity index (χ1v) is 8.12. The van der Waals surface area contributed by atoms with Gasteiger partial charge in [-0.05, 0) is 45.4 Å². The van der Waals surface area contributed by atoms with Crippen molar-refractivity contribution >= 4 is 0 Å². The molecule has 1 atom stereocenters. The van der Waals surface area contributed by atoms with Crippen LogP contribution in [0.25, 0.3) is 0 Å². The van der Waals surface area contributed by atoms with Crippen LogP contribution < -0.4 is 9.47 Å². The van der Waals surface area contributed by atoms with Crippen LogP contribution in [0.3, 0.4) is 0 Å². The van der Waals surface area contributed by atoms with Crippen molar-refractivity contribution in [2.45, 2.75) is 52.5 Å². The lowest BCUT2D eigenvalue weighted by Crippen LogP contribution is -2.39. The van der Waals surface area contributed by atoms with Gasteiger partial charge in [0.1, 0.15) is 0 Å².